The Labute approximate surface area is 88.0 Å². The molecule has 0 aromatic rings. The third-order valence-electron chi connectivity index (χ3n) is 2.81. The minimum Gasteiger partial charge on any atom is -0.376 e. The Morgan fingerprint density at radius 1 is 0.857 bits per heavy atom. The minimum absolute atomic E-state index is 0.401. The maximum absolute atomic E-state index is 5.74. The van der Waals surface area contributed by atoms with E-state index in [-0.39, 0.29) is 0 Å². The zero-order chi connectivity index (χ0) is 10.2. The molecule has 0 heterocycles. The van der Waals surface area contributed by atoms with Crippen LogP contribution in [-0.2, 0) is 9.47 Å². The summed E-state index contributed by atoms with van der Waals surface area (Å²) >= 11 is 0. The van der Waals surface area contributed by atoms with E-state index in [1.54, 1.807) is 0 Å². The van der Waals surface area contributed by atoms with Crippen molar-refractivity contribution in [2.24, 2.45) is 0 Å². The molecule has 1 aliphatic rings. The molecule has 2 atom stereocenters. The van der Waals surface area contributed by atoms with Gasteiger partial charge in [-0.2, -0.15) is 0 Å². The Morgan fingerprint density at radius 2 is 1.29 bits per heavy atom. The molecule has 1 fully saturated rings. The van der Waals surface area contributed by atoms with Gasteiger partial charge in [-0.3, -0.25) is 0 Å². The highest BCUT2D eigenvalue weighted by atomic mass is 16.5. The number of hydrogen-bond acceptors (Lipinski definition) is 2. The fourth-order valence-electron chi connectivity index (χ4n) is 1.58. The lowest BCUT2D eigenvalue weighted by Gasteiger charge is -2.36. The highest BCUT2D eigenvalue weighted by Gasteiger charge is 2.31. The average molecular weight is 200 g/mol. The summed E-state index contributed by atoms with van der Waals surface area (Å²) in [6, 6.07) is 0. The molecule has 14 heavy (non-hydrogen) atoms. The molecule has 2 nitrogen and oxygen atoms in total. The molecule has 0 aromatic heterocycles. The average Bonchev–Trinajstić information content (AvgIpc) is 2.17. The van der Waals surface area contributed by atoms with Gasteiger partial charge in [0.25, 0.3) is 0 Å². The van der Waals surface area contributed by atoms with E-state index in [1.165, 1.54) is 38.5 Å². The lowest BCUT2D eigenvalue weighted by molar-refractivity contribution is -0.128. The minimum atomic E-state index is 0.401. The zero-order valence-electron chi connectivity index (χ0n) is 9.63. The van der Waals surface area contributed by atoms with Gasteiger partial charge in [0, 0.05) is 13.2 Å². The van der Waals surface area contributed by atoms with Gasteiger partial charge < -0.3 is 9.47 Å². The highest BCUT2D eigenvalue weighted by molar-refractivity contribution is 4.82. The summed E-state index contributed by atoms with van der Waals surface area (Å²) in [4.78, 5) is 0. The van der Waals surface area contributed by atoms with E-state index in [1.807, 2.05) is 0 Å². The Balaban J connectivity index is 1.97. The molecular weight excluding hydrogens is 176 g/mol. The van der Waals surface area contributed by atoms with Gasteiger partial charge in [0.1, 0.15) is 0 Å². The van der Waals surface area contributed by atoms with E-state index in [0.717, 1.165) is 13.2 Å². The lowest BCUT2D eigenvalue weighted by atomic mass is 9.91. The van der Waals surface area contributed by atoms with E-state index in [9.17, 15) is 0 Å². The summed E-state index contributed by atoms with van der Waals surface area (Å²) < 4.78 is 11.5. The van der Waals surface area contributed by atoms with Crippen LogP contribution in [0.4, 0.5) is 0 Å². The van der Waals surface area contributed by atoms with E-state index in [2.05, 4.69) is 13.8 Å². The smallest absolute Gasteiger partial charge is 0.0837 e. The quantitative estimate of drug-likeness (QED) is 0.560. The lowest BCUT2D eigenvalue weighted by Crippen LogP contribution is -2.41. The molecule has 2 heteroatoms. The van der Waals surface area contributed by atoms with Crippen molar-refractivity contribution >= 4 is 0 Å². The summed E-state index contributed by atoms with van der Waals surface area (Å²) in [5, 5.41) is 0. The first-order valence-corrected chi connectivity index (χ1v) is 6.11. The Kier molecular flexibility index (Phi) is 6.20. The molecule has 0 N–H and O–H groups in total. The second-order valence-electron chi connectivity index (χ2n) is 4.10. The van der Waals surface area contributed by atoms with E-state index in [0.29, 0.717) is 12.2 Å². The summed E-state index contributed by atoms with van der Waals surface area (Å²) in [7, 11) is 0. The van der Waals surface area contributed by atoms with Crippen LogP contribution in [0.1, 0.15) is 52.4 Å². The van der Waals surface area contributed by atoms with Crippen LogP contribution in [0.15, 0.2) is 0 Å². The van der Waals surface area contributed by atoms with Crippen molar-refractivity contribution in [3.05, 3.63) is 0 Å². The van der Waals surface area contributed by atoms with Gasteiger partial charge in [-0.1, -0.05) is 26.7 Å². The monoisotopic (exact) mass is 200 g/mol. The third kappa shape index (κ3) is 3.97. The number of rotatable bonds is 8. The number of unbranched alkanes of at least 4 members (excludes halogenated alkanes) is 2. The van der Waals surface area contributed by atoms with Crippen LogP contribution in [0.3, 0.4) is 0 Å². The molecule has 1 rings (SSSR count). The number of hydrogen-bond donors (Lipinski definition) is 0. The first kappa shape index (κ1) is 12.0. The van der Waals surface area contributed by atoms with Gasteiger partial charge in [-0.25, -0.2) is 0 Å². The predicted molar refractivity (Wildman–Crippen MR) is 58.5 cm³/mol. The maximum atomic E-state index is 5.74. The largest absolute Gasteiger partial charge is 0.376 e. The topological polar surface area (TPSA) is 18.5 Å². The molecule has 1 saturated carbocycles. The molecule has 0 aromatic carbocycles. The van der Waals surface area contributed by atoms with Crippen molar-refractivity contribution in [3.8, 4) is 0 Å². The molecule has 84 valence electrons. The van der Waals surface area contributed by atoms with Gasteiger partial charge in [0.2, 0.25) is 0 Å². The molecule has 0 amide bonds. The van der Waals surface area contributed by atoms with Crippen LogP contribution in [-0.4, -0.2) is 25.4 Å². The Bertz CT molecular complexity index is 120. The van der Waals surface area contributed by atoms with E-state index < -0.39 is 0 Å². The third-order valence-corrected chi connectivity index (χ3v) is 2.81. The van der Waals surface area contributed by atoms with Crippen molar-refractivity contribution < 1.29 is 9.47 Å². The Hall–Kier alpha value is -0.0800. The summed E-state index contributed by atoms with van der Waals surface area (Å²) in [6.07, 6.45) is 7.98. The van der Waals surface area contributed by atoms with Crippen molar-refractivity contribution in [2.75, 3.05) is 13.2 Å². The fourth-order valence-corrected chi connectivity index (χ4v) is 1.58. The summed E-state index contributed by atoms with van der Waals surface area (Å²) in [5.41, 5.74) is 0. The molecule has 0 saturated heterocycles. The fraction of sp³-hybridized carbons (Fsp3) is 1.00. The van der Waals surface area contributed by atoms with Crippen LogP contribution in [0.2, 0.25) is 0 Å². The van der Waals surface area contributed by atoms with E-state index in [4.69, 9.17) is 9.47 Å². The molecule has 0 radical (unpaired) electrons. The Morgan fingerprint density at radius 3 is 1.57 bits per heavy atom. The molecule has 0 aliphatic heterocycles. The summed E-state index contributed by atoms with van der Waals surface area (Å²) in [6.45, 7) is 6.21. The van der Waals surface area contributed by atoms with Crippen molar-refractivity contribution in [1.82, 2.24) is 0 Å². The second-order valence-corrected chi connectivity index (χ2v) is 4.10. The summed E-state index contributed by atoms with van der Waals surface area (Å²) in [5.74, 6) is 0. The van der Waals surface area contributed by atoms with Crippen LogP contribution >= 0.6 is 0 Å². The van der Waals surface area contributed by atoms with Gasteiger partial charge >= 0.3 is 0 Å². The predicted octanol–water partition coefficient (Wildman–Crippen LogP) is 3.15. The van der Waals surface area contributed by atoms with Gasteiger partial charge in [0.15, 0.2) is 0 Å². The molecular formula is C12H24O2. The molecule has 0 bridgehead atoms. The second kappa shape index (κ2) is 7.24. The van der Waals surface area contributed by atoms with Gasteiger partial charge in [-0.05, 0) is 25.7 Å². The zero-order valence-corrected chi connectivity index (χ0v) is 9.63. The maximum Gasteiger partial charge on any atom is 0.0837 e. The van der Waals surface area contributed by atoms with Gasteiger partial charge in [-0.15, -0.1) is 0 Å². The van der Waals surface area contributed by atoms with Crippen LogP contribution < -0.4 is 0 Å². The van der Waals surface area contributed by atoms with Crippen molar-refractivity contribution in [1.29, 1.82) is 0 Å². The van der Waals surface area contributed by atoms with Crippen LogP contribution in [0.5, 0.6) is 0 Å². The van der Waals surface area contributed by atoms with Gasteiger partial charge in [0.05, 0.1) is 12.2 Å². The van der Waals surface area contributed by atoms with Crippen LogP contribution in [0, 0.1) is 0 Å². The standard InChI is InChI=1S/C12H24O2/c1-3-5-9-13-11-7-8-12(11)14-10-6-4-2/h11-12H,3-10H2,1-2H3/t11-,12-/m1/s1. The SMILES string of the molecule is CCCCO[C@@H]1CC[C@H]1OCCCC. The normalized spacial score (nSPS) is 26.1. The first-order chi connectivity index (χ1) is 6.88. The first-order valence-electron chi connectivity index (χ1n) is 6.11. The van der Waals surface area contributed by atoms with E-state index >= 15 is 0 Å². The molecule has 0 unspecified atom stereocenters. The van der Waals surface area contributed by atoms with Crippen molar-refractivity contribution in [2.45, 2.75) is 64.6 Å². The highest BCUT2D eigenvalue weighted by Crippen LogP contribution is 2.26. The molecule has 1 aliphatic carbocycles. The number of ether oxygens (including phenoxy) is 2. The van der Waals surface area contributed by atoms with Crippen LogP contribution in [0.25, 0.3) is 0 Å². The van der Waals surface area contributed by atoms with Crippen molar-refractivity contribution in [3.63, 3.8) is 0 Å². The molecule has 0 spiro atoms.